The molecule has 3 aromatic heterocycles. The van der Waals surface area contributed by atoms with Crippen LogP contribution in [0.5, 0.6) is 0 Å². The second-order valence-corrected chi connectivity index (χ2v) is 8.45. The molecule has 3 aromatic rings. The molecule has 2 amide bonds. The number of hydrogen-bond donors (Lipinski definition) is 2. The van der Waals surface area contributed by atoms with Crippen molar-refractivity contribution in [1.29, 1.82) is 0 Å². The number of pyridine rings is 2. The highest BCUT2D eigenvalue weighted by molar-refractivity contribution is 7.08. The second kappa shape index (κ2) is 11.4. The number of anilines is 1. The van der Waals surface area contributed by atoms with Crippen LogP contribution in [0.25, 0.3) is 0 Å². The Kier molecular flexibility index (Phi) is 8.29. The van der Waals surface area contributed by atoms with Crippen LogP contribution in [0.3, 0.4) is 0 Å². The first-order chi connectivity index (χ1) is 15.4. The monoisotopic (exact) mass is 452 g/mol. The Morgan fingerprint density at radius 3 is 2.56 bits per heavy atom. The Labute approximate surface area is 192 Å². The number of nitrogen functional groups attached to an aromatic ring is 1. The molecule has 3 N–H and O–H groups in total. The minimum atomic E-state index is -0.175. The van der Waals surface area contributed by atoms with E-state index in [1.54, 1.807) is 23.4 Å². The number of aromatic nitrogens is 2. The lowest BCUT2D eigenvalue weighted by molar-refractivity contribution is 0.0988. The molecule has 0 aliphatic rings. The van der Waals surface area contributed by atoms with Crippen molar-refractivity contribution in [1.82, 2.24) is 25.1 Å². The molecule has 0 saturated carbocycles. The maximum atomic E-state index is 12.8. The van der Waals surface area contributed by atoms with Crippen molar-refractivity contribution in [2.45, 2.75) is 19.5 Å². The summed E-state index contributed by atoms with van der Waals surface area (Å²) >= 11 is 1.48. The Balaban J connectivity index is 1.62. The van der Waals surface area contributed by atoms with Gasteiger partial charge in [0, 0.05) is 49.5 Å². The van der Waals surface area contributed by atoms with Gasteiger partial charge in [0.25, 0.3) is 0 Å². The van der Waals surface area contributed by atoms with Crippen LogP contribution in [-0.4, -0.2) is 58.8 Å². The molecule has 168 valence electrons. The number of urea groups is 1. The number of hydrogen-bond acceptors (Lipinski definition) is 7. The number of ketones is 1. The molecule has 0 radical (unpaired) electrons. The maximum Gasteiger partial charge on any atom is 0.318 e. The van der Waals surface area contributed by atoms with Crippen molar-refractivity contribution in [3.05, 3.63) is 76.0 Å². The van der Waals surface area contributed by atoms with Crippen LogP contribution in [0.1, 0.15) is 27.3 Å². The van der Waals surface area contributed by atoms with E-state index in [0.29, 0.717) is 31.0 Å². The summed E-state index contributed by atoms with van der Waals surface area (Å²) in [6, 6.07) is 8.96. The highest BCUT2D eigenvalue weighted by atomic mass is 32.1. The van der Waals surface area contributed by atoms with Crippen LogP contribution in [-0.2, 0) is 19.5 Å². The molecular formula is C23H28N6O2S. The lowest BCUT2D eigenvalue weighted by Crippen LogP contribution is -2.42. The zero-order valence-electron chi connectivity index (χ0n) is 18.3. The number of amides is 2. The van der Waals surface area contributed by atoms with Crippen molar-refractivity contribution >= 4 is 28.8 Å². The molecule has 8 nitrogen and oxygen atoms in total. The Morgan fingerprint density at radius 2 is 1.94 bits per heavy atom. The van der Waals surface area contributed by atoms with Gasteiger partial charge in [0.05, 0.1) is 12.2 Å². The molecule has 0 aromatic carbocycles. The largest absolute Gasteiger partial charge is 0.398 e. The molecule has 3 heterocycles. The summed E-state index contributed by atoms with van der Waals surface area (Å²) in [7, 11) is 3.93. The fraction of sp³-hybridized carbons (Fsp3) is 0.304. The zero-order chi connectivity index (χ0) is 22.9. The molecule has 0 aliphatic carbocycles. The number of nitrogens with one attached hydrogen (secondary N) is 1. The number of nitrogens with zero attached hydrogens (tertiary/aromatic N) is 4. The number of likely N-dealkylation sites (N-methyl/N-ethyl adjacent to an activating group) is 1. The van der Waals surface area contributed by atoms with Crippen molar-refractivity contribution < 1.29 is 9.59 Å². The fourth-order valence-electron chi connectivity index (χ4n) is 3.00. The zero-order valence-corrected chi connectivity index (χ0v) is 19.1. The number of nitrogens with two attached hydrogens (primary N) is 1. The Hall–Kier alpha value is -3.30. The number of thiophene rings is 1. The molecule has 0 spiro atoms. The topological polar surface area (TPSA) is 104 Å². The van der Waals surface area contributed by atoms with Gasteiger partial charge in [-0.1, -0.05) is 12.1 Å². The lowest BCUT2D eigenvalue weighted by atomic mass is 10.1. The summed E-state index contributed by atoms with van der Waals surface area (Å²) in [6.45, 7) is 2.03. The van der Waals surface area contributed by atoms with Crippen LogP contribution in [0, 0.1) is 0 Å². The van der Waals surface area contributed by atoms with Crippen molar-refractivity contribution in [2.24, 2.45) is 0 Å². The Bertz CT molecular complexity index is 1020. The van der Waals surface area contributed by atoms with Crippen molar-refractivity contribution in [3.8, 4) is 0 Å². The molecule has 9 heteroatoms. The minimum absolute atomic E-state index is 0.0841. The van der Waals surface area contributed by atoms with E-state index in [2.05, 4.69) is 15.3 Å². The highest BCUT2D eigenvalue weighted by Crippen LogP contribution is 2.19. The van der Waals surface area contributed by atoms with Gasteiger partial charge in [-0.05, 0) is 48.8 Å². The SMILES string of the molecule is CN(C)CCN(Cc1ccc(C(=O)Cc2cscc2N)nc1)C(=O)NCc1ccccn1. The van der Waals surface area contributed by atoms with E-state index in [0.717, 1.165) is 23.4 Å². The first kappa shape index (κ1) is 23.4. The molecule has 0 fully saturated rings. The predicted molar refractivity (Wildman–Crippen MR) is 126 cm³/mol. The molecule has 3 rings (SSSR count). The smallest absolute Gasteiger partial charge is 0.318 e. The number of Topliss-reactive ketones (excluding diaryl/α,β-unsaturated/α-hetero) is 1. The van der Waals surface area contributed by atoms with Crippen LogP contribution in [0.15, 0.2) is 53.5 Å². The van der Waals surface area contributed by atoms with Crippen LogP contribution in [0.4, 0.5) is 10.5 Å². The first-order valence-corrected chi connectivity index (χ1v) is 11.2. The summed E-state index contributed by atoms with van der Waals surface area (Å²) in [4.78, 5) is 37.6. The first-order valence-electron chi connectivity index (χ1n) is 10.3. The molecule has 0 atom stereocenters. The van der Waals surface area contributed by atoms with Gasteiger partial charge in [0.1, 0.15) is 5.69 Å². The summed E-state index contributed by atoms with van der Waals surface area (Å²) in [5, 5.41) is 6.63. The maximum absolute atomic E-state index is 12.8. The van der Waals surface area contributed by atoms with E-state index in [4.69, 9.17) is 5.73 Å². The summed E-state index contributed by atoms with van der Waals surface area (Å²) in [5.41, 5.74) is 9.36. The lowest BCUT2D eigenvalue weighted by Gasteiger charge is -2.24. The van der Waals surface area contributed by atoms with Crippen LogP contribution in [0.2, 0.25) is 0 Å². The second-order valence-electron chi connectivity index (χ2n) is 7.71. The summed E-state index contributed by atoms with van der Waals surface area (Å²) < 4.78 is 0. The van der Waals surface area contributed by atoms with E-state index in [1.807, 2.05) is 54.0 Å². The number of rotatable bonds is 10. The van der Waals surface area contributed by atoms with Gasteiger partial charge in [-0.25, -0.2) is 4.79 Å². The van der Waals surface area contributed by atoms with Crippen LogP contribution < -0.4 is 11.1 Å². The third kappa shape index (κ3) is 6.86. The number of carbonyl (C=O) groups excluding carboxylic acids is 2. The van der Waals surface area contributed by atoms with Gasteiger partial charge in [-0.15, -0.1) is 11.3 Å². The van der Waals surface area contributed by atoms with Crippen molar-refractivity contribution in [3.63, 3.8) is 0 Å². The van der Waals surface area contributed by atoms with Gasteiger partial charge < -0.3 is 20.9 Å². The summed E-state index contributed by atoms with van der Waals surface area (Å²) in [5.74, 6) is -0.0841. The molecule has 0 unspecified atom stereocenters. The fourth-order valence-corrected chi connectivity index (χ4v) is 3.75. The van der Waals surface area contributed by atoms with Crippen LogP contribution >= 0.6 is 11.3 Å². The third-order valence-electron chi connectivity index (χ3n) is 4.86. The van der Waals surface area contributed by atoms with Gasteiger partial charge in [-0.2, -0.15) is 0 Å². The highest BCUT2D eigenvalue weighted by Gasteiger charge is 2.16. The third-order valence-corrected chi connectivity index (χ3v) is 5.67. The van der Waals surface area contributed by atoms with E-state index in [1.165, 1.54) is 11.3 Å². The minimum Gasteiger partial charge on any atom is -0.398 e. The summed E-state index contributed by atoms with van der Waals surface area (Å²) in [6.07, 6.45) is 3.58. The predicted octanol–water partition coefficient (Wildman–Crippen LogP) is 2.82. The average molecular weight is 453 g/mol. The average Bonchev–Trinajstić information content (AvgIpc) is 3.20. The van der Waals surface area contributed by atoms with E-state index in [9.17, 15) is 9.59 Å². The molecule has 0 bridgehead atoms. The van der Waals surface area contributed by atoms with Gasteiger partial charge in [0.15, 0.2) is 5.78 Å². The normalized spacial score (nSPS) is 10.8. The van der Waals surface area contributed by atoms with Gasteiger partial charge >= 0.3 is 6.03 Å². The molecule has 32 heavy (non-hydrogen) atoms. The Morgan fingerprint density at radius 1 is 1.09 bits per heavy atom. The molecule has 0 aliphatic heterocycles. The van der Waals surface area contributed by atoms with E-state index >= 15 is 0 Å². The van der Waals surface area contributed by atoms with E-state index in [-0.39, 0.29) is 18.2 Å². The standard InChI is InChI=1S/C23H28N6O2S/c1-28(2)9-10-29(23(31)27-13-19-5-3-4-8-25-19)14-17-6-7-21(26-12-17)22(30)11-18-15-32-16-20(18)24/h3-8,12,15-16H,9-11,13-14,24H2,1-2H3,(H,27,31). The van der Waals surface area contributed by atoms with Crippen molar-refractivity contribution in [2.75, 3.05) is 32.9 Å². The van der Waals surface area contributed by atoms with Gasteiger partial charge in [0.2, 0.25) is 0 Å². The van der Waals surface area contributed by atoms with E-state index < -0.39 is 0 Å². The number of carbonyl (C=O) groups is 2. The molecule has 0 saturated heterocycles. The van der Waals surface area contributed by atoms with Gasteiger partial charge in [-0.3, -0.25) is 14.8 Å². The molecular weight excluding hydrogens is 424 g/mol. The quantitative estimate of drug-likeness (QED) is 0.459.